The van der Waals surface area contributed by atoms with E-state index in [1.807, 2.05) is 37.3 Å². The Morgan fingerprint density at radius 3 is 2.64 bits per heavy atom. The molecule has 5 heteroatoms. The highest BCUT2D eigenvalue weighted by Gasteiger charge is 2.13. The lowest BCUT2D eigenvalue weighted by Gasteiger charge is -2.05. The van der Waals surface area contributed by atoms with Crippen LogP contribution in [0.1, 0.15) is 27.4 Å². The smallest absolute Gasteiger partial charge is 0.291 e. The minimum absolute atomic E-state index is 0.162. The molecule has 0 fully saturated rings. The number of aryl methyl sites for hydroxylation is 1. The predicted molar refractivity (Wildman–Crippen MR) is 93.3 cm³/mol. The summed E-state index contributed by atoms with van der Waals surface area (Å²) in [5.74, 6) is 1.02. The Hall–Kier alpha value is -3.52. The van der Waals surface area contributed by atoms with Crippen molar-refractivity contribution in [1.29, 1.82) is 5.26 Å². The van der Waals surface area contributed by atoms with Crippen LogP contribution < -0.4 is 10.1 Å². The number of nitrogens with zero attached hydrogens (tertiary/aromatic N) is 1. The summed E-state index contributed by atoms with van der Waals surface area (Å²) >= 11 is 0. The van der Waals surface area contributed by atoms with Crippen LogP contribution >= 0.6 is 0 Å². The van der Waals surface area contributed by atoms with Crippen molar-refractivity contribution in [3.05, 3.63) is 83.3 Å². The normalized spacial score (nSPS) is 10.1. The number of hydrogen-bond acceptors (Lipinski definition) is 4. The third-order valence-electron chi connectivity index (χ3n) is 3.58. The molecule has 1 aromatic heterocycles. The van der Waals surface area contributed by atoms with Gasteiger partial charge < -0.3 is 14.5 Å². The van der Waals surface area contributed by atoms with Crippen molar-refractivity contribution in [2.24, 2.45) is 0 Å². The van der Waals surface area contributed by atoms with Gasteiger partial charge in [0.05, 0.1) is 11.3 Å². The number of nitrogens with one attached hydrogen (secondary N) is 1. The molecule has 1 N–H and O–H groups in total. The van der Waals surface area contributed by atoms with Crippen LogP contribution in [0, 0.1) is 18.3 Å². The van der Waals surface area contributed by atoms with Crippen LogP contribution in [0.2, 0.25) is 0 Å². The first-order chi connectivity index (χ1) is 12.2. The topological polar surface area (TPSA) is 75.3 Å². The first-order valence-electron chi connectivity index (χ1n) is 7.74. The van der Waals surface area contributed by atoms with Crippen LogP contribution in [0.4, 0.5) is 5.69 Å². The van der Waals surface area contributed by atoms with Crippen molar-refractivity contribution in [2.75, 3.05) is 5.32 Å². The predicted octanol–water partition coefficient (Wildman–Crippen LogP) is 4.29. The monoisotopic (exact) mass is 332 g/mol. The molecular weight excluding hydrogens is 316 g/mol. The van der Waals surface area contributed by atoms with Gasteiger partial charge in [-0.1, -0.05) is 29.8 Å². The van der Waals surface area contributed by atoms with E-state index in [1.54, 1.807) is 36.4 Å². The molecule has 1 heterocycles. The minimum Gasteiger partial charge on any atom is -0.486 e. The van der Waals surface area contributed by atoms with Crippen molar-refractivity contribution >= 4 is 11.6 Å². The Bertz CT molecular complexity index is 921. The van der Waals surface area contributed by atoms with Gasteiger partial charge in [-0.05, 0) is 43.3 Å². The third-order valence-corrected chi connectivity index (χ3v) is 3.58. The average molecular weight is 332 g/mol. The summed E-state index contributed by atoms with van der Waals surface area (Å²) in [6, 6.07) is 19.8. The average Bonchev–Trinajstić information content (AvgIpc) is 3.11. The zero-order chi connectivity index (χ0) is 17.6. The number of furan rings is 1. The number of para-hydroxylation sites is 1. The second kappa shape index (κ2) is 7.37. The molecule has 5 nitrogen and oxygen atoms in total. The maximum Gasteiger partial charge on any atom is 0.291 e. The number of benzene rings is 2. The maximum atomic E-state index is 12.3. The van der Waals surface area contributed by atoms with E-state index in [2.05, 4.69) is 5.32 Å². The minimum atomic E-state index is -0.413. The second-order valence-electron chi connectivity index (χ2n) is 5.48. The van der Waals surface area contributed by atoms with Gasteiger partial charge in [-0.3, -0.25) is 4.79 Å². The summed E-state index contributed by atoms with van der Waals surface area (Å²) in [6.07, 6.45) is 0. The number of anilines is 1. The zero-order valence-electron chi connectivity index (χ0n) is 13.7. The Labute approximate surface area is 145 Å². The van der Waals surface area contributed by atoms with E-state index in [0.29, 0.717) is 17.0 Å². The fourth-order valence-electron chi connectivity index (χ4n) is 2.24. The fourth-order valence-corrected chi connectivity index (χ4v) is 2.24. The number of ether oxygens (including phenoxy) is 1. The van der Waals surface area contributed by atoms with Crippen molar-refractivity contribution < 1.29 is 13.9 Å². The third kappa shape index (κ3) is 4.06. The van der Waals surface area contributed by atoms with Crippen LogP contribution in [-0.4, -0.2) is 5.91 Å². The van der Waals surface area contributed by atoms with E-state index < -0.39 is 5.91 Å². The molecule has 0 aliphatic rings. The van der Waals surface area contributed by atoms with Crippen molar-refractivity contribution in [2.45, 2.75) is 13.5 Å². The molecule has 124 valence electrons. The Balaban J connectivity index is 1.63. The number of amides is 1. The van der Waals surface area contributed by atoms with Gasteiger partial charge in [-0.25, -0.2) is 0 Å². The van der Waals surface area contributed by atoms with Crippen molar-refractivity contribution in [1.82, 2.24) is 0 Å². The van der Waals surface area contributed by atoms with Gasteiger partial charge in [-0.15, -0.1) is 0 Å². The van der Waals surface area contributed by atoms with E-state index in [1.165, 1.54) is 0 Å². The lowest BCUT2D eigenvalue weighted by Crippen LogP contribution is -2.11. The van der Waals surface area contributed by atoms with E-state index in [0.717, 1.165) is 11.3 Å². The molecule has 0 radical (unpaired) electrons. The number of carbonyl (C=O) groups is 1. The summed E-state index contributed by atoms with van der Waals surface area (Å²) in [4.78, 5) is 12.3. The lowest BCUT2D eigenvalue weighted by molar-refractivity contribution is 0.0992. The molecule has 2 aromatic carbocycles. The maximum absolute atomic E-state index is 12.3. The van der Waals surface area contributed by atoms with Crippen LogP contribution in [0.25, 0.3) is 0 Å². The van der Waals surface area contributed by atoms with Gasteiger partial charge in [0, 0.05) is 0 Å². The van der Waals surface area contributed by atoms with Crippen molar-refractivity contribution in [3.63, 3.8) is 0 Å². The van der Waals surface area contributed by atoms with E-state index >= 15 is 0 Å². The Morgan fingerprint density at radius 1 is 1.12 bits per heavy atom. The zero-order valence-corrected chi connectivity index (χ0v) is 13.7. The van der Waals surface area contributed by atoms with Crippen LogP contribution in [0.3, 0.4) is 0 Å². The molecule has 0 bridgehead atoms. The van der Waals surface area contributed by atoms with Crippen LogP contribution in [-0.2, 0) is 6.61 Å². The quantitative estimate of drug-likeness (QED) is 0.756. The van der Waals surface area contributed by atoms with E-state index in [-0.39, 0.29) is 12.4 Å². The van der Waals surface area contributed by atoms with Gasteiger partial charge in [0.15, 0.2) is 5.76 Å². The summed E-state index contributed by atoms with van der Waals surface area (Å²) in [6.45, 7) is 2.23. The highest BCUT2D eigenvalue weighted by Crippen LogP contribution is 2.18. The largest absolute Gasteiger partial charge is 0.486 e. The number of carbonyl (C=O) groups excluding carboxylic acids is 1. The second-order valence-corrected chi connectivity index (χ2v) is 5.48. The molecule has 0 aliphatic carbocycles. The van der Waals surface area contributed by atoms with Gasteiger partial charge in [-0.2, -0.15) is 5.26 Å². The molecule has 1 amide bonds. The van der Waals surface area contributed by atoms with Crippen LogP contribution in [0.15, 0.2) is 65.1 Å². The van der Waals surface area contributed by atoms with Gasteiger partial charge >= 0.3 is 0 Å². The number of nitriles is 1. The first kappa shape index (κ1) is 16.3. The summed E-state index contributed by atoms with van der Waals surface area (Å²) in [7, 11) is 0. The SMILES string of the molecule is Cc1ccc(OCc2ccc(C(=O)Nc3ccccc3C#N)o2)cc1. The van der Waals surface area contributed by atoms with Gasteiger partial charge in [0.2, 0.25) is 0 Å². The fraction of sp³-hybridized carbons (Fsp3) is 0.100. The lowest BCUT2D eigenvalue weighted by atomic mass is 10.2. The summed E-state index contributed by atoms with van der Waals surface area (Å²) in [5, 5.41) is 11.7. The van der Waals surface area contributed by atoms with E-state index in [9.17, 15) is 4.79 Å². The number of hydrogen-bond donors (Lipinski definition) is 1. The van der Waals surface area contributed by atoms with Gasteiger partial charge in [0.1, 0.15) is 24.2 Å². The Morgan fingerprint density at radius 2 is 1.88 bits per heavy atom. The van der Waals surface area contributed by atoms with Gasteiger partial charge in [0.25, 0.3) is 5.91 Å². The van der Waals surface area contributed by atoms with Crippen LogP contribution in [0.5, 0.6) is 5.75 Å². The molecule has 0 spiro atoms. The molecule has 0 saturated heterocycles. The molecule has 3 aromatic rings. The molecule has 0 saturated carbocycles. The molecule has 0 unspecified atom stereocenters. The Kier molecular flexibility index (Phi) is 4.82. The summed E-state index contributed by atoms with van der Waals surface area (Å²) in [5.41, 5.74) is 2.00. The first-order valence-corrected chi connectivity index (χ1v) is 7.74. The highest BCUT2D eigenvalue weighted by atomic mass is 16.5. The highest BCUT2D eigenvalue weighted by molar-refractivity contribution is 6.03. The number of rotatable bonds is 5. The van der Waals surface area contributed by atoms with Crippen molar-refractivity contribution in [3.8, 4) is 11.8 Å². The molecular formula is C20H16N2O3. The standard InChI is InChI=1S/C20H16N2O3/c1-14-6-8-16(9-7-14)24-13-17-10-11-19(25-17)20(23)22-18-5-3-2-4-15(18)12-21/h2-11H,13H2,1H3,(H,22,23). The molecule has 0 atom stereocenters. The van der Waals surface area contributed by atoms with E-state index in [4.69, 9.17) is 14.4 Å². The molecule has 0 aliphatic heterocycles. The molecule has 3 rings (SSSR count). The molecule has 25 heavy (non-hydrogen) atoms. The summed E-state index contributed by atoms with van der Waals surface area (Å²) < 4.78 is 11.1.